The number of rotatable bonds is 1. The van der Waals surface area contributed by atoms with Crippen LogP contribution in [0.1, 0.15) is 31.9 Å². The molecule has 0 aromatic heterocycles. The van der Waals surface area contributed by atoms with Crippen molar-refractivity contribution in [1.29, 1.82) is 0 Å². The van der Waals surface area contributed by atoms with Crippen LogP contribution in [-0.2, 0) is 20.2 Å². The molecule has 0 spiro atoms. The highest BCUT2D eigenvalue weighted by Gasteiger charge is 2.60. The first-order valence-corrected chi connectivity index (χ1v) is 7.08. The summed E-state index contributed by atoms with van der Waals surface area (Å²) in [5, 5.41) is 0. The molecule has 1 aliphatic heterocycles. The predicted molar refractivity (Wildman–Crippen MR) is 66.8 cm³/mol. The summed E-state index contributed by atoms with van der Waals surface area (Å²) in [5.74, 6) is 0. The molecule has 1 aromatic carbocycles. The van der Waals surface area contributed by atoms with Crippen molar-refractivity contribution in [2.45, 2.75) is 42.9 Å². The van der Waals surface area contributed by atoms with Crippen molar-refractivity contribution in [2.75, 3.05) is 7.11 Å². The molecule has 1 atom stereocenters. The number of sulfone groups is 1. The quantitative estimate of drug-likeness (QED) is 0.773. The van der Waals surface area contributed by atoms with Crippen molar-refractivity contribution in [1.82, 2.24) is 0 Å². The Kier molecular flexibility index (Phi) is 2.46. The molecule has 0 amide bonds. The minimum absolute atomic E-state index is 0.409. The highest BCUT2D eigenvalue weighted by Crippen LogP contribution is 2.52. The van der Waals surface area contributed by atoms with Gasteiger partial charge in [0.15, 0.2) is 9.84 Å². The number of aryl methyl sites for hydroxylation is 1. The Balaban J connectivity index is 2.89. The summed E-state index contributed by atoms with van der Waals surface area (Å²) in [6, 6.07) is 5.52. The average Bonchev–Trinajstić information content (AvgIpc) is 2.37. The molecule has 0 saturated carbocycles. The molecule has 0 N–H and O–H groups in total. The Labute approximate surface area is 103 Å². The van der Waals surface area contributed by atoms with Crippen LogP contribution in [0.5, 0.6) is 0 Å². The largest absolute Gasteiger partial charge is 0.372 e. The van der Waals surface area contributed by atoms with E-state index in [4.69, 9.17) is 4.74 Å². The summed E-state index contributed by atoms with van der Waals surface area (Å²) in [6.07, 6.45) is 0. The summed E-state index contributed by atoms with van der Waals surface area (Å²) in [6.45, 7) is 7.18. The van der Waals surface area contributed by atoms with Gasteiger partial charge in [-0.2, -0.15) is 0 Å². The lowest BCUT2D eigenvalue weighted by Crippen LogP contribution is -2.46. The van der Waals surface area contributed by atoms with Crippen molar-refractivity contribution in [3.05, 3.63) is 29.3 Å². The van der Waals surface area contributed by atoms with Crippen LogP contribution >= 0.6 is 0 Å². The van der Waals surface area contributed by atoms with Crippen LogP contribution in [0.3, 0.4) is 0 Å². The van der Waals surface area contributed by atoms with Crippen LogP contribution in [0.15, 0.2) is 23.1 Å². The van der Waals surface area contributed by atoms with Crippen LogP contribution in [0, 0.1) is 6.92 Å². The molecule has 0 aliphatic carbocycles. The molecule has 0 fully saturated rings. The molecule has 94 valence electrons. The normalized spacial score (nSPS) is 29.0. The molecule has 1 aliphatic rings. The van der Waals surface area contributed by atoms with E-state index in [9.17, 15) is 8.42 Å². The van der Waals surface area contributed by atoms with Crippen LogP contribution < -0.4 is 0 Å². The van der Waals surface area contributed by atoms with Gasteiger partial charge in [0.05, 0.1) is 4.90 Å². The second-order valence-corrected chi connectivity index (χ2v) is 7.72. The third-order valence-electron chi connectivity index (χ3n) is 4.17. The van der Waals surface area contributed by atoms with E-state index in [1.165, 1.54) is 0 Å². The monoisotopic (exact) mass is 254 g/mol. The maximum atomic E-state index is 12.6. The Morgan fingerprint density at radius 1 is 1.18 bits per heavy atom. The summed E-state index contributed by atoms with van der Waals surface area (Å²) >= 11 is 0. The van der Waals surface area contributed by atoms with Crippen molar-refractivity contribution in [3.63, 3.8) is 0 Å². The molecule has 3 nitrogen and oxygen atoms in total. The van der Waals surface area contributed by atoms with Gasteiger partial charge in [0.1, 0.15) is 10.3 Å². The van der Waals surface area contributed by atoms with E-state index in [0.29, 0.717) is 4.90 Å². The highest BCUT2D eigenvalue weighted by atomic mass is 32.2. The molecule has 0 bridgehead atoms. The predicted octanol–water partition coefficient (Wildman–Crippen LogP) is 2.42. The van der Waals surface area contributed by atoms with Gasteiger partial charge in [-0.25, -0.2) is 8.42 Å². The Morgan fingerprint density at radius 3 is 2.29 bits per heavy atom. The second-order valence-electron chi connectivity index (χ2n) is 5.25. The molecular weight excluding hydrogens is 236 g/mol. The average molecular weight is 254 g/mol. The second kappa shape index (κ2) is 3.33. The van der Waals surface area contributed by atoms with Crippen LogP contribution in [0.25, 0.3) is 0 Å². The first kappa shape index (κ1) is 12.6. The van der Waals surface area contributed by atoms with E-state index in [2.05, 4.69) is 0 Å². The number of fused-ring (bicyclic) bond motifs is 1. The molecule has 1 unspecified atom stereocenters. The molecule has 2 rings (SSSR count). The van der Waals surface area contributed by atoms with Gasteiger partial charge >= 0.3 is 0 Å². The third-order valence-corrected chi connectivity index (χ3v) is 6.82. The Morgan fingerprint density at radius 2 is 1.76 bits per heavy atom. The van der Waals surface area contributed by atoms with E-state index < -0.39 is 20.2 Å². The van der Waals surface area contributed by atoms with Gasteiger partial charge in [-0.1, -0.05) is 12.1 Å². The SMILES string of the molecule is COC1(C)c2ccc(C)cc2S(=O)(=O)C1(C)C. The van der Waals surface area contributed by atoms with Crippen LogP contribution in [0.2, 0.25) is 0 Å². The van der Waals surface area contributed by atoms with E-state index >= 15 is 0 Å². The van der Waals surface area contributed by atoms with Gasteiger partial charge in [-0.15, -0.1) is 0 Å². The maximum Gasteiger partial charge on any atom is 0.187 e. The van der Waals surface area contributed by atoms with Gasteiger partial charge < -0.3 is 4.74 Å². The lowest BCUT2D eigenvalue weighted by molar-refractivity contribution is -0.0227. The van der Waals surface area contributed by atoms with Crippen molar-refractivity contribution in [3.8, 4) is 0 Å². The number of methoxy groups -OCH3 is 1. The summed E-state index contributed by atoms with van der Waals surface area (Å²) in [7, 11) is -1.79. The zero-order chi connectivity index (χ0) is 13.1. The summed E-state index contributed by atoms with van der Waals surface area (Å²) < 4.78 is 29.7. The fourth-order valence-corrected chi connectivity index (χ4v) is 4.61. The lowest BCUT2D eigenvalue weighted by Gasteiger charge is -2.35. The summed E-state index contributed by atoms with van der Waals surface area (Å²) in [4.78, 5) is 0.409. The topological polar surface area (TPSA) is 43.4 Å². The first-order chi connectivity index (χ1) is 7.68. The zero-order valence-electron chi connectivity index (χ0n) is 10.9. The Bertz CT molecular complexity index is 572. The molecule has 0 radical (unpaired) electrons. The van der Waals surface area contributed by atoms with Crippen LogP contribution in [0.4, 0.5) is 0 Å². The summed E-state index contributed by atoms with van der Waals surface area (Å²) in [5.41, 5.74) is 0.911. The molecular formula is C13H18O3S. The van der Waals surface area contributed by atoms with Gasteiger partial charge in [0.2, 0.25) is 0 Å². The number of hydrogen-bond acceptors (Lipinski definition) is 3. The zero-order valence-corrected chi connectivity index (χ0v) is 11.7. The van der Waals surface area contributed by atoms with Crippen molar-refractivity contribution < 1.29 is 13.2 Å². The highest BCUT2D eigenvalue weighted by molar-refractivity contribution is 7.93. The van der Waals surface area contributed by atoms with E-state index in [-0.39, 0.29) is 0 Å². The molecule has 4 heteroatoms. The Hall–Kier alpha value is -0.870. The van der Waals surface area contributed by atoms with Gasteiger partial charge in [-0.05, 0) is 39.3 Å². The smallest absolute Gasteiger partial charge is 0.187 e. The molecule has 1 aromatic rings. The van der Waals surface area contributed by atoms with Crippen molar-refractivity contribution in [2.24, 2.45) is 0 Å². The van der Waals surface area contributed by atoms with Crippen LogP contribution in [-0.4, -0.2) is 20.3 Å². The lowest BCUT2D eigenvalue weighted by atomic mass is 9.84. The fourth-order valence-electron chi connectivity index (χ4n) is 2.46. The minimum atomic E-state index is -3.35. The van der Waals surface area contributed by atoms with E-state index in [1.54, 1.807) is 27.0 Å². The number of hydrogen-bond donors (Lipinski definition) is 0. The maximum absolute atomic E-state index is 12.6. The van der Waals surface area contributed by atoms with E-state index in [1.807, 2.05) is 26.0 Å². The van der Waals surface area contributed by atoms with Gasteiger partial charge in [-0.3, -0.25) is 0 Å². The molecule has 1 heterocycles. The standard InChI is InChI=1S/C13H18O3S/c1-9-6-7-10-11(8-9)17(14,15)12(2,3)13(10,4)16-5/h6-8H,1-5H3. The number of benzene rings is 1. The minimum Gasteiger partial charge on any atom is -0.372 e. The van der Waals surface area contributed by atoms with Gasteiger partial charge in [0, 0.05) is 12.7 Å². The van der Waals surface area contributed by atoms with Crippen molar-refractivity contribution >= 4 is 9.84 Å². The molecule has 0 saturated heterocycles. The first-order valence-electron chi connectivity index (χ1n) is 5.59. The fraction of sp³-hybridized carbons (Fsp3) is 0.538. The third kappa shape index (κ3) is 1.28. The van der Waals surface area contributed by atoms with Gasteiger partial charge in [0.25, 0.3) is 0 Å². The number of ether oxygens (including phenoxy) is 1. The van der Waals surface area contributed by atoms with E-state index in [0.717, 1.165) is 11.1 Å². The molecule has 17 heavy (non-hydrogen) atoms.